The number of hydrogen-bond donors (Lipinski definition) is 5. The van der Waals surface area contributed by atoms with Gasteiger partial charge in [0.25, 0.3) is 0 Å². The van der Waals surface area contributed by atoms with Crippen LogP contribution in [-0.2, 0) is 16.0 Å². The van der Waals surface area contributed by atoms with Gasteiger partial charge in [0.15, 0.2) is 11.5 Å². The van der Waals surface area contributed by atoms with E-state index in [1.807, 2.05) is 6.92 Å². The monoisotopic (exact) mass is 419 g/mol. The molecule has 1 amide bonds. The van der Waals surface area contributed by atoms with Gasteiger partial charge in [0.05, 0.1) is 13.0 Å². The lowest BCUT2D eigenvalue weighted by atomic mass is 9.87. The molecule has 2 rings (SSSR count). The van der Waals surface area contributed by atoms with Gasteiger partial charge in [-0.15, -0.1) is 0 Å². The molecule has 0 saturated carbocycles. The van der Waals surface area contributed by atoms with Crippen LogP contribution in [0.25, 0.3) is 0 Å². The third-order valence-corrected chi connectivity index (χ3v) is 5.25. The third-order valence-electron chi connectivity index (χ3n) is 4.86. The minimum atomic E-state index is -1.15. The zero-order valence-electron chi connectivity index (χ0n) is 16.2. The molecular weight excluding hydrogens is 394 g/mol. The number of ether oxygens (including phenoxy) is 1. The van der Waals surface area contributed by atoms with Crippen molar-refractivity contribution in [2.45, 2.75) is 25.3 Å². The summed E-state index contributed by atoms with van der Waals surface area (Å²) in [6.07, 6.45) is 0.0854. The number of rotatable bonds is 9. The molecule has 2 aromatic carbocycles. The molecule has 0 aliphatic heterocycles. The van der Waals surface area contributed by atoms with Crippen molar-refractivity contribution in [3.63, 3.8) is 0 Å². The summed E-state index contributed by atoms with van der Waals surface area (Å²) in [5.41, 5.74) is 1.44. The van der Waals surface area contributed by atoms with Crippen LogP contribution < -0.4 is 10.1 Å². The molecule has 0 aromatic heterocycles. The largest absolute Gasteiger partial charge is 0.508 e. The van der Waals surface area contributed by atoms with Crippen molar-refractivity contribution in [3.8, 4) is 17.2 Å². The Morgan fingerprint density at radius 3 is 2.34 bits per heavy atom. The van der Waals surface area contributed by atoms with Crippen molar-refractivity contribution in [3.05, 3.63) is 53.6 Å². The van der Waals surface area contributed by atoms with Crippen molar-refractivity contribution in [2.75, 3.05) is 12.9 Å². The fourth-order valence-electron chi connectivity index (χ4n) is 3.02. The number of phenols is 2. The van der Waals surface area contributed by atoms with Gasteiger partial charge < -0.3 is 25.4 Å². The average molecular weight is 419 g/mol. The number of methoxy groups -OCH3 is 1. The van der Waals surface area contributed by atoms with Gasteiger partial charge in [0, 0.05) is 12.2 Å². The predicted octanol–water partition coefficient (Wildman–Crippen LogP) is 2.57. The van der Waals surface area contributed by atoms with Crippen LogP contribution in [0.3, 0.4) is 0 Å². The van der Waals surface area contributed by atoms with Crippen molar-refractivity contribution in [1.82, 2.24) is 5.32 Å². The van der Waals surface area contributed by atoms with Crippen LogP contribution in [0.2, 0.25) is 0 Å². The molecule has 0 spiro atoms. The van der Waals surface area contributed by atoms with Gasteiger partial charge in [-0.1, -0.05) is 25.1 Å². The number of carboxylic acids is 1. The van der Waals surface area contributed by atoms with E-state index in [0.29, 0.717) is 11.3 Å². The highest BCUT2D eigenvalue weighted by Gasteiger charge is 2.29. The molecule has 0 aliphatic rings. The Hall–Kier alpha value is -2.87. The number of aliphatic carboxylic acids is 1. The summed E-state index contributed by atoms with van der Waals surface area (Å²) in [5.74, 6) is -1.87. The fraction of sp³-hybridized carbons (Fsp3) is 0.333. The summed E-state index contributed by atoms with van der Waals surface area (Å²) in [4.78, 5) is 24.5. The van der Waals surface area contributed by atoms with Crippen LogP contribution >= 0.6 is 12.6 Å². The molecule has 3 atom stereocenters. The summed E-state index contributed by atoms with van der Waals surface area (Å²) >= 11 is 4.28. The van der Waals surface area contributed by atoms with Crippen LogP contribution in [0.4, 0.5) is 0 Å². The van der Waals surface area contributed by atoms with Crippen molar-refractivity contribution >= 4 is 24.5 Å². The zero-order chi connectivity index (χ0) is 21.6. The van der Waals surface area contributed by atoms with Gasteiger partial charge in [-0.3, -0.25) is 4.79 Å². The molecule has 0 radical (unpaired) electrons. The van der Waals surface area contributed by atoms with Crippen LogP contribution in [0.5, 0.6) is 17.2 Å². The third kappa shape index (κ3) is 5.80. The maximum atomic E-state index is 12.8. The highest BCUT2D eigenvalue weighted by molar-refractivity contribution is 7.80. The van der Waals surface area contributed by atoms with E-state index in [1.54, 1.807) is 24.3 Å². The maximum Gasteiger partial charge on any atom is 0.326 e. The van der Waals surface area contributed by atoms with E-state index in [0.717, 1.165) is 5.56 Å². The second-order valence-electron chi connectivity index (χ2n) is 6.78. The highest BCUT2D eigenvalue weighted by atomic mass is 32.1. The number of carboxylic acid groups (broad SMARTS) is 1. The first-order valence-electron chi connectivity index (χ1n) is 9.05. The van der Waals surface area contributed by atoms with E-state index in [9.17, 15) is 24.9 Å². The maximum absolute atomic E-state index is 12.8. The number of benzene rings is 2. The van der Waals surface area contributed by atoms with E-state index in [-0.39, 0.29) is 29.6 Å². The minimum Gasteiger partial charge on any atom is -0.508 e. The molecule has 29 heavy (non-hydrogen) atoms. The smallest absolute Gasteiger partial charge is 0.326 e. The molecule has 0 saturated heterocycles. The van der Waals surface area contributed by atoms with E-state index >= 15 is 0 Å². The van der Waals surface area contributed by atoms with Gasteiger partial charge in [-0.05, 0) is 41.3 Å². The SMILES string of the molecule is COc1cc(C(C)C(CS)C(=O)N[C@@H](Cc2ccc(O)cc2)C(=O)O)ccc1O. The number of nitrogens with one attached hydrogen (secondary N) is 1. The average Bonchev–Trinajstić information content (AvgIpc) is 2.69. The lowest BCUT2D eigenvalue weighted by Crippen LogP contribution is -2.46. The molecule has 0 fully saturated rings. The summed E-state index contributed by atoms with van der Waals surface area (Å²) < 4.78 is 5.12. The topological polar surface area (TPSA) is 116 Å². The molecule has 4 N–H and O–H groups in total. The fourth-order valence-corrected chi connectivity index (χ4v) is 3.51. The van der Waals surface area contributed by atoms with Crippen LogP contribution in [0.1, 0.15) is 24.0 Å². The summed E-state index contributed by atoms with van der Waals surface area (Å²) in [7, 11) is 1.44. The van der Waals surface area contributed by atoms with Crippen LogP contribution in [-0.4, -0.2) is 46.1 Å². The van der Waals surface area contributed by atoms with Crippen LogP contribution in [0, 0.1) is 5.92 Å². The first kappa shape index (κ1) is 22.4. The zero-order valence-corrected chi connectivity index (χ0v) is 17.1. The van der Waals surface area contributed by atoms with E-state index < -0.39 is 23.8 Å². The predicted molar refractivity (Wildman–Crippen MR) is 112 cm³/mol. The first-order chi connectivity index (χ1) is 13.8. The molecule has 0 aliphatic carbocycles. The quantitative estimate of drug-likeness (QED) is 0.399. The number of aromatic hydroxyl groups is 2. The van der Waals surface area contributed by atoms with Gasteiger partial charge in [0.2, 0.25) is 5.91 Å². The minimum absolute atomic E-state index is 0.00448. The number of phenolic OH excluding ortho intramolecular Hbond substituents is 2. The van der Waals surface area contributed by atoms with E-state index in [1.165, 1.54) is 25.3 Å². The van der Waals surface area contributed by atoms with Gasteiger partial charge >= 0.3 is 5.97 Å². The second kappa shape index (κ2) is 10.1. The van der Waals surface area contributed by atoms with E-state index in [4.69, 9.17) is 4.74 Å². The van der Waals surface area contributed by atoms with Crippen molar-refractivity contribution in [2.24, 2.45) is 5.92 Å². The number of thiol groups is 1. The molecule has 2 aromatic rings. The van der Waals surface area contributed by atoms with Crippen LogP contribution in [0.15, 0.2) is 42.5 Å². The Morgan fingerprint density at radius 2 is 1.79 bits per heavy atom. The molecule has 0 heterocycles. The Kier molecular flexibility index (Phi) is 7.78. The van der Waals surface area contributed by atoms with Crippen molar-refractivity contribution in [1.29, 1.82) is 0 Å². The summed E-state index contributed by atoms with van der Waals surface area (Å²) in [5, 5.41) is 31.2. The first-order valence-corrected chi connectivity index (χ1v) is 9.68. The highest BCUT2D eigenvalue weighted by Crippen LogP contribution is 2.33. The van der Waals surface area contributed by atoms with Gasteiger partial charge in [0.1, 0.15) is 11.8 Å². The lowest BCUT2D eigenvalue weighted by Gasteiger charge is -2.24. The molecule has 2 unspecified atom stereocenters. The Labute approximate surface area is 174 Å². The normalized spacial score (nSPS) is 13.9. The number of carbonyl (C=O) groups excluding carboxylic acids is 1. The Balaban J connectivity index is 2.15. The standard InChI is InChI=1S/C21H25NO6S/c1-12(14-5-8-18(24)19(10-14)28-2)16(11-29)20(25)22-17(21(26)27)9-13-3-6-15(23)7-4-13/h3-8,10,12,16-17,23-24,29H,9,11H2,1-2H3,(H,22,25)(H,26,27)/t12?,16?,17-/m0/s1. The summed E-state index contributed by atoms with van der Waals surface area (Å²) in [6, 6.07) is 9.86. The number of hydrogen-bond acceptors (Lipinski definition) is 6. The Morgan fingerprint density at radius 1 is 1.14 bits per heavy atom. The molecular formula is C21H25NO6S. The molecule has 156 valence electrons. The van der Waals surface area contributed by atoms with Gasteiger partial charge in [-0.2, -0.15) is 12.6 Å². The lowest BCUT2D eigenvalue weighted by molar-refractivity contribution is -0.142. The molecule has 8 heteroatoms. The second-order valence-corrected chi connectivity index (χ2v) is 7.14. The Bertz CT molecular complexity index is 855. The summed E-state index contributed by atoms with van der Waals surface area (Å²) in [6.45, 7) is 1.84. The van der Waals surface area contributed by atoms with Gasteiger partial charge in [-0.25, -0.2) is 4.79 Å². The number of carbonyl (C=O) groups is 2. The van der Waals surface area contributed by atoms with Crippen molar-refractivity contribution < 1.29 is 29.6 Å². The van der Waals surface area contributed by atoms with E-state index in [2.05, 4.69) is 17.9 Å². The molecule has 7 nitrogen and oxygen atoms in total. The molecule has 0 bridgehead atoms. The number of amides is 1.